The summed E-state index contributed by atoms with van der Waals surface area (Å²) >= 11 is 1.65. The molecule has 0 saturated carbocycles. The standard InChI is InChI=1S/C12H14N2S/c1-9-11(14-12(13-9)15-2)8-10-6-4-3-5-7-10/h3-7H,8H2,1-2H3,(H,13,14). The van der Waals surface area contributed by atoms with E-state index in [4.69, 9.17) is 0 Å². The third-order valence-corrected chi connectivity index (χ3v) is 2.95. The summed E-state index contributed by atoms with van der Waals surface area (Å²) in [5.74, 6) is 0. The fraction of sp³-hybridized carbons (Fsp3) is 0.250. The van der Waals surface area contributed by atoms with E-state index in [2.05, 4.69) is 41.2 Å². The number of aromatic nitrogens is 2. The molecule has 1 aromatic heterocycles. The molecule has 2 nitrogen and oxygen atoms in total. The Morgan fingerprint density at radius 1 is 1.27 bits per heavy atom. The van der Waals surface area contributed by atoms with Gasteiger partial charge in [0.25, 0.3) is 0 Å². The second-order valence-corrected chi connectivity index (χ2v) is 4.28. The normalized spacial score (nSPS) is 10.5. The van der Waals surface area contributed by atoms with Gasteiger partial charge < -0.3 is 4.98 Å². The second-order valence-electron chi connectivity index (χ2n) is 3.48. The van der Waals surface area contributed by atoms with Crippen LogP contribution in [0.25, 0.3) is 0 Å². The lowest BCUT2D eigenvalue weighted by molar-refractivity contribution is 1.01. The lowest BCUT2D eigenvalue weighted by atomic mass is 10.1. The van der Waals surface area contributed by atoms with E-state index in [1.165, 1.54) is 11.3 Å². The minimum atomic E-state index is 0.906. The molecule has 1 aromatic carbocycles. The molecule has 1 heterocycles. The molecule has 0 unspecified atom stereocenters. The molecule has 0 amide bonds. The van der Waals surface area contributed by atoms with E-state index in [-0.39, 0.29) is 0 Å². The van der Waals surface area contributed by atoms with Gasteiger partial charge in [-0.1, -0.05) is 42.1 Å². The lowest BCUT2D eigenvalue weighted by Crippen LogP contribution is -1.90. The van der Waals surface area contributed by atoms with Crippen LogP contribution >= 0.6 is 11.8 Å². The van der Waals surface area contributed by atoms with Crippen molar-refractivity contribution in [3.63, 3.8) is 0 Å². The zero-order valence-corrected chi connectivity index (χ0v) is 9.77. The molecule has 0 aliphatic carbocycles. The average Bonchev–Trinajstić information content (AvgIpc) is 2.61. The van der Waals surface area contributed by atoms with E-state index in [0.29, 0.717) is 0 Å². The number of aryl methyl sites for hydroxylation is 1. The highest BCUT2D eigenvalue weighted by molar-refractivity contribution is 7.98. The minimum Gasteiger partial charge on any atom is -0.337 e. The highest BCUT2D eigenvalue weighted by Crippen LogP contribution is 2.16. The van der Waals surface area contributed by atoms with Gasteiger partial charge in [-0.25, -0.2) is 4.98 Å². The van der Waals surface area contributed by atoms with Crippen molar-refractivity contribution in [1.29, 1.82) is 0 Å². The van der Waals surface area contributed by atoms with Crippen molar-refractivity contribution in [3.05, 3.63) is 47.3 Å². The third kappa shape index (κ3) is 2.42. The van der Waals surface area contributed by atoms with Gasteiger partial charge in [0.2, 0.25) is 0 Å². The van der Waals surface area contributed by atoms with Crippen molar-refractivity contribution in [2.75, 3.05) is 6.26 Å². The van der Waals surface area contributed by atoms with Crippen LogP contribution in [0.3, 0.4) is 0 Å². The molecule has 78 valence electrons. The first-order valence-corrected chi connectivity index (χ1v) is 6.15. The van der Waals surface area contributed by atoms with Crippen molar-refractivity contribution in [2.24, 2.45) is 0 Å². The van der Waals surface area contributed by atoms with Crippen molar-refractivity contribution in [1.82, 2.24) is 9.97 Å². The molecule has 0 atom stereocenters. The van der Waals surface area contributed by atoms with Crippen LogP contribution in [0.5, 0.6) is 0 Å². The van der Waals surface area contributed by atoms with Gasteiger partial charge in [0.05, 0.1) is 5.69 Å². The molecule has 0 fully saturated rings. The molecular formula is C12H14N2S. The number of hydrogen-bond donors (Lipinski definition) is 1. The van der Waals surface area contributed by atoms with E-state index < -0.39 is 0 Å². The van der Waals surface area contributed by atoms with E-state index in [9.17, 15) is 0 Å². The molecule has 0 aliphatic rings. The number of nitrogens with zero attached hydrogens (tertiary/aromatic N) is 1. The quantitative estimate of drug-likeness (QED) is 0.802. The van der Waals surface area contributed by atoms with E-state index in [0.717, 1.165) is 17.3 Å². The SMILES string of the molecule is CSc1nc(Cc2ccccc2)c(C)[nH]1. The summed E-state index contributed by atoms with van der Waals surface area (Å²) in [7, 11) is 0. The van der Waals surface area contributed by atoms with Gasteiger partial charge in [-0.2, -0.15) is 0 Å². The first kappa shape index (κ1) is 10.3. The second kappa shape index (κ2) is 4.53. The van der Waals surface area contributed by atoms with Crippen molar-refractivity contribution in [3.8, 4) is 0 Å². The molecule has 1 N–H and O–H groups in total. The van der Waals surface area contributed by atoms with E-state index in [1.54, 1.807) is 11.8 Å². The third-order valence-electron chi connectivity index (χ3n) is 2.37. The first-order valence-electron chi connectivity index (χ1n) is 4.93. The Kier molecular flexibility index (Phi) is 3.11. The predicted octanol–water partition coefficient (Wildman–Crippen LogP) is 3.03. The molecule has 2 rings (SSSR count). The molecule has 0 aliphatic heterocycles. The van der Waals surface area contributed by atoms with E-state index in [1.807, 2.05) is 12.3 Å². The van der Waals surface area contributed by atoms with Crippen molar-refractivity contribution >= 4 is 11.8 Å². The first-order chi connectivity index (χ1) is 7.29. The van der Waals surface area contributed by atoms with Crippen LogP contribution < -0.4 is 0 Å². The molecule has 0 saturated heterocycles. The lowest BCUT2D eigenvalue weighted by Gasteiger charge is -1.98. The van der Waals surface area contributed by atoms with Gasteiger partial charge in [-0.05, 0) is 18.7 Å². The Hall–Kier alpha value is -1.22. The molecule has 0 bridgehead atoms. The van der Waals surface area contributed by atoms with Crippen LogP contribution in [0.1, 0.15) is 17.0 Å². The number of rotatable bonds is 3. The maximum atomic E-state index is 4.53. The fourth-order valence-corrected chi connectivity index (χ4v) is 1.98. The summed E-state index contributed by atoms with van der Waals surface area (Å²) < 4.78 is 0. The van der Waals surface area contributed by atoms with Gasteiger partial charge in [0.15, 0.2) is 5.16 Å². The number of hydrogen-bond acceptors (Lipinski definition) is 2. The van der Waals surface area contributed by atoms with Crippen LogP contribution in [0, 0.1) is 6.92 Å². The highest BCUT2D eigenvalue weighted by Gasteiger charge is 2.06. The van der Waals surface area contributed by atoms with Crippen molar-refractivity contribution < 1.29 is 0 Å². The molecule has 0 spiro atoms. The van der Waals surface area contributed by atoms with Gasteiger partial charge in [0, 0.05) is 12.1 Å². The Labute approximate surface area is 94.1 Å². The molecule has 2 aromatic rings. The molecule has 15 heavy (non-hydrogen) atoms. The smallest absolute Gasteiger partial charge is 0.165 e. The van der Waals surface area contributed by atoms with Crippen LogP contribution in [0.4, 0.5) is 0 Å². The predicted molar refractivity (Wildman–Crippen MR) is 64.4 cm³/mol. The highest BCUT2D eigenvalue weighted by atomic mass is 32.2. The van der Waals surface area contributed by atoms with Crippen LogP contribution in [-0.2, 0) is 6.42 Å². The monoisotopic (exact) mass is 218 g/mol. The largest absolute Gasteiger partial charge is 0.337 e. The molecular weight excluding hydrogens is 204 g/mol. The topological polar surface area (TPSA) is 28.7 Å². The molecule has 3 heteroatoms. The zero-order valence-electron chi connectivity index (χ0n) is 8.95. The minimum absolute atomic E-state index is 0.906. The number of H-pyrrole nitrogens is 1. The Morgan fingerprint density at radius 3 is 2.60 bits per heavy atom. The number of benzene rings is 1. The summed E-state index contributed by atoms with van der Waals surface area (Å²) in [5.41, 5.74) is 3.62. The zero-order chi connectivity index (χ0) is 10.7. The van der Waals surface area contributed by atoms with Gasteiger partial charge in [-0.15, -0.1) is 0 Å². The van der Waals surface area contributed by atoms with Crippen LogP contribution in [-0.4, -0.2) is 16.2 Å². The number of thioether (sulfide) groups is 1. The summed E-state index contributed by atoms with van der Waals surface area (Å²) in [6.07, 6.45) is 2.94. The average molecular weight is 218 g/mol. The number of imidazole rings is 1. The maximum absolute atomic E-state index is 4.53. The fourth-order valence-electron chi connectivity index (χ4n) is 1.52. The summed E-state index contributed by atoms with van der Waals surface area (Å²) in [6.45, 7) is 2.07. The Bertz CT molecular complexity index is 434. The Morgan fingerprint density at radius 2 is 2.00 bits per heavy atom. The van der Waals surface area contributed by atoms with Crippen LogP contribution in [0.2, 0.25) is 0 Å². The summed E-state index contributed by atoms with van der Waals surface area (Å²) in [4.78, 5) is 7.80. The van der Waals surface area contributed by atoms with Gasteiger partial charge in [-0.3, -0.25) is 0 Å². The maximum Gasteiger partial charge on any atom is 0.165 e. The van der Waals surface area contributed by atoms with E-state index >= 15 is 0 Å². The number of aromatic amines is 1. The summed E-state index contributed by atoms with van der Waals surface area (Å²) in [5, 5.41) is 0.999. The summed E-state index contributed by atoms with van der Waals surface area (Å²) in [6, 6.07) is 10.4. The number of nitrogens with one attached hydrogen (secondary N) is 1. The van der Waals surface area contributed by atoms with Crippen LogP contribution in [0.15, 0.2) is 35.5 Å². The molecule has 0 radical (unpaired) electrons. The van der Waals surface area contributed by atoms with Crippen molar-refractivity contribution in [2.45, 2.75) is 18.5 Å². The Balaban J connectivity index is 2.21. The van der Waals surface area contributed by atoms with Gasteiger partial charge >= 0.3 is 0 Å². The van der Waals surface area contributed by atoms with Gasteiger partial charge in [0.1, 0.15) is 0 Å².